The highest BCUT2D eigenvalue weighted by Gasteiger charge is 2.19. The molecule has 6 heteroatoms. The molecule has 0 aliphatic rings. The quantitative estimate of drug-likeness (QED) is 0.114. The van der Waals surface area contributed by atoms with E-state index < -0.39 is 0 Å². The first-order valence-electron chi connectivity index (χ1n) is 17.5. The van der Waals surface area contributed by atoms with Gasteiger partial charge in [-0.25, -0.2) is 9.97 Å². The fourth-order valence-corrected chi connectivity index (χ4v) is 5.56. The maximum atomic E-state index is 13.4. The first kappa shape index (κ1) is 35.7. The fraction of sp³-hybridized carbons (Fsp3) is 0.722. The van der Waals surface area contributed by atoms with Crippen molar-refractivity contribution in [1.29, 1.82) is 0 Å². The van der Waals surface area contributed by atoms with Crippen LogP contribution < -0.4 is 10.6 Å². The third kappa shape index (κ3) is 15.7. The van der Waals surface area contributed by atoms with Gasteiger partial charge in [-0.05, 0) is 43.5 Å². The van der Waals surface area contributed by atoms with Crippen molar-refractivity contribution in [3.63, 3.8) is 0 Å². The van der Waals surface area contributed by atoms with E-state index in [-0.39, 0.29) is 17.7 Å². The Morgan fingerprint density at radius 1 is 0.571 bits per heavy atom. The summed E-state index contributed by atoms with van der Waals surface area (Å²) >= 11 is 0. The predicted octanol–water partition coefficient (Wildman–Crippen LogP) is 10.8. The highest BCUT2D eigenvalue weighted by Crippen LogP contribution is 2.22. The molecule has 2 aromatic heterocycles. The Labute approximate surface area is 256 Å². The molecule has 0 saturated carbocycles. The topological polar surface area (TPSA) is 84.0 Å². The third-order valence-electron chi connectivity index (χ3n) is 8.26. The number of nitrogens with one attached hydrogen (secondary N) is 2. The van der Waals surface area contributed by atoms with E-state index in [0.29, 0.717) is 23.7 Å². The van der Waals surface area contributed by atoms with Crippen LogP contribution in [0.4, 0.5) is 11.6 Å². The van der Waals surface area contributed by atoms with Crippen molar-refractivity contribution in [1.82, 2.24) is 9.97 Å². The molecule has 0 saturated heterocycles. The van der Waals surface area contributed by atoms with E-state index >= 15 is 0 Å². The number of aromatic nitrogens is 2. The second-order valence-corrected chi connectivity index (χ2v) is 12.2. The van der Waals surface area contributed by atoms with Gasteiger partial charge in [0.2, 0.25) is 11.8 Å². The van der Waals surface area contributed by atoms with Gasteiger partial charge in [-0.1, -0.05) is 136 Å². The van der Waals surface area contributed by atoms with Gasteiger partial charge >= 0.3 is 0 Å². The van der Waals surface area contributed by atoms with Crippen molar-refractivity contribution >= 4 is 34.5 Å². The van der Waals surface area contributed by atoms with E-state index in [2.05, 4.69) is 41.4 Å². The first-order chi connectivity index (χ1) is 20.6. The molecule has 236 valence electrons. The number of nitrogens with zero attached hydrogens (tertiary/aromatic N) is 2. The van der Waals surface area contributed by atoms with Crippen molar-refractivity contribution in [2.24, 2.45) is 5.92 Å². The van der Waals surface area contributed by atoms with Crippen LogP contribution in [0.3, 0.4) is 0 Å². The van der Waals surface area contributed by atoms with Crippen LogP contribution in [0.1, 0.15) is 162 Å². The minimum Gasteiger partial charge on any atom is -0.311 e. The first-order valence-corrected chi connectivity index (χ1v) is 17.5. The predicted molar refractivity (Wildman–Crippen MR) is 179 cm³/mol. The number of carbonyl (C=O) groups excluding carboxylic acids is 2. The number of fused-ring (bicyclic) bond motifs is 1. The maximum Gasteiger partial charge on any atom is 0.228 e. The number of hydrogen-bond donors (Lipinski definition) is 2. The van der Waals surface area contributed by atoms with Gasteiger partial charge in [0.25, 0.3) is 0 Å². The molecule has 0 aromatic carbocycles. The smallest absolute Gasteiger partial charge is 0.228 e. The minimum atomic E-state index is -0.00732. The summed E-state index contributed by atoms with van der Waals surface area (Å²) in [6.45, 7) is 6.71. The maximum absolute atomic E-state index is 13.4. The lowest BCUT2D eigenvalue weighted by Crippen LogP contribution is -2.23. The van der Waals surface area contributed by atoms with Crippen LogP contribution in [-0.4, -0.2) is 21.8 Å². The summed E-state index contributed by atoms with van der Waals surface area (Å²) in [6, 6.07) is 7.53. The summed E-state index contributed by atoms with van der Waals surface area (Å²) in [7, 11) is 0. The largest absolute Gasteiger partial charge is 0.311 e. The second-order valence-electron chi connectivity index (χ2n) is 12.2. The summed E-state index contributed by atoms with van der Waals surface area (Å²) in [6.07, 6.45) is 25.5. The average Bonchev–Trinajstić information content (AvgIpc) is 2.98. The molecule has 42 heavy (non-hydrogen) atoms. The Balaban J connectivity index is 1.90. The van der Waals surface area contributed by atoms with Crippen molar-refractivity contribution in [2.45, 2.75) is 162 Å². The molecule has 0 fully saturated rings. The van der Waals surface area contributed by atoms with Crippen LogP contribution >= 0.6 is 0 Å². The number of rotatable bonds is 25. The summed E-state index contributed by atoms with van der Waals surface area (Å²) in [5, 5.41) is 6.90. The van der Waals surface area contributed by atoms with Crippen LogP contribution in [0.15, 0.2) is 24.3 Å². The molecular formula is C36H60N4O2. The van der Waals surface area contributed by atoms with Gasteiger partial charge in [-0.2, -0.15) is 0 Å². The number of hydrogen-bond acceptors (Lipinski definition) is 4. The Kier molecular flexibility index (Phi) is 19.6. The van der Waals surface area contributed by atoms with Crippen LogP contribution in [-0.2, 0) is 9.59 Å². The molecular weight excluding hydrogens is 520 g/mol. The molecule has 0 bridgehead atoms. The standard InChI is InChI=1S/C36H60N4O2/c1-4-7-10-13-16-19-22-25-34(41)37-32-28-26-30-27-29-33(39-35(30)38-32)40-36(42)31(23-20-17-14-11-8-5-2)24-21-18-15-12-9-6-3/h26-29,31H,4-25H2,1-3H3,(H2,37,38,39,40,41,42). The van der Waals surface area contributed by atoms with E-state index in [4.69, 9.17) is 0 Å². The van der Waals surface area contributed by atoms with E-state index in [0.717, 1.165) is 43.9 Å². The summed E-state index contributed by atoms with van der Waals surface area (Å²) in [4.78, 5) is 35.1. The minimum absolute atomic E-state index is 0.00732. The van der Waals surface area contributed by atoms with Gasteiger partial charge in [0.05, 0.1) is 0 Å². The molecule has 2 heterocycles. The molecule has 2 N–H and O–H groups in total. The number of anilines is 2. The number of amides is 2. The lowest BCUT2D eigenvalue weighted by atomic mass is 9.93. The van der Waals surface area contributed by atoms with Crippen molar-refractivity contribution in [3.05, 3.63) is 24.3 Å². The van der Waals surface area contributed by atoms with Gasteiger partial charge in [0.15, 0.2) is 5.65 Å². The third-order valence-corrected chi connectivity index (χ3v) is 8.26. The van der Waals surface area contributed by atoms with Gasteiger partial charge in [-0.3, -0.25) is 9.59 Å². The van der Waals surface area contributed by atoms with Crippen LogP contribution in [0, 0.1) is 5.92 Å². The Morgan fingerprint density at radius 3 is 1.50 bits per heavy atom. The molecule has 0 atom stereocenters. The molecule has 2 aromatic rings. The molecule has 0 aliphatic carbocycles. The van der Waals surface area contributed by atoms with Crippen molar-refractivity contribution < 1.29 is 9.59 Å². The molecule has 0 spiro atoms. The second kappa shape index (κ2) is 23.0. The lowest BCUT2D eigenvalue weighted by Gasteiger charge is -2.17. The molecule has 6 nitrogen and oxygen atoms in total. The van der Waals surface area contributed by atoms with Gasteiger partial charge in [-0.15, -0.1) is 0 Å². The molecule has 2 amide bonds. The van der Waals surface area contributed by atoms with E-state index in [1.54, 1.807) is 0 Å². The Morgan fingerprint density at radius 2 is 1.00 bits per heavy atom. The Hall–Kier alpha value is -2.50. The van der Waals surface area contributed by atoms with Crippen molar-refractivity contribution in [2.75, 3.05) is 10.6 Å². The van der Waals surface area contributed by atoms with Gasteiger partial charge in [0.1, 0.15) is 11.6 Å². The number of unbranched alkanes of at least 4 members (excludes halogenated alkanes) is 16. The van der Waals surface area contributed by atoms with Crippen LogP contribution in [0.25, 0.3) is 11.0 Å². The highest BCUT2D eigenvalue weighted by molar-refractivity contribution is 5.93. The van der Waals surface area contributed by atoms with Gasteiger partial charge < -0.3 is 10.6 Å². The van der Waals surface area contributed by atoms with E-state index in [9.17, 15) is 9.59 Å². The SMILES string of the molecule is CCCCCCCCCC(=O)Nc1ccc2ccc(NC(=O)C(CCCCCCCC)CCCCCCCC)nc2n1. The zero-order valence-electron chi connectivity index (χ0n) is 27.2. The van der Waals surface area contributed by atoms with Crippen LogP contribution in [0.2, 0.25) is 0 Å². The normalized spacial score (nSPS) is 11.3. The molecule has 2 rings (SSSR count). The average molecular weight is 581 g/mol. The number of pyridine rings is 2. The summed E-state index contributed by atoms with van der Waals surface area (Å²) < 4.78 is 0. The Bertz CT molecular complexity index is 993. The highest BCUT2D eigenvalue weighted by atomic mass is 16.2. The lowest BCUT2D eigenvalue weighted by molar-refractivity contribution is -0.120. The zero-order valence-corrected chi connectivity index (χ0v) is 27.2. The van der Waals surface area contributed by atoms with E-state index in [1.165, 1.54) is 96.3 Å². The van der Waals surface area contributed by atoms with E-state index in [1.807, 2.05) is 24.3 Å². The van der Waals surface area contributed by atoms with Crippen LogP contribution in [0.5, 0.6) is 0 Å². The monoisotopic (exact) mass is 580 g/mol. The van der Waals surface area contributed by atoms with Gasteiger partial charge in [0, 0.05) is 17.7 Å². The molecule has 0 aliphatic heterocycles. The zero-order chi connectivity index (χ0) is 30.3. The summed E-state index contributed by atoms with van der Waals surface area (Å²) in [5.41, 5.74) is 0.532. The molecule has 0 radical (unpaired) electrons. The molecule has 0 unspecified atom stereocenters. The van der Waals surface area contributed by atoms with Crippen molar-refractivity contribution in [3.8, 4) is 0 Å². The number of carbonyl (C=O) groups is 2. The fourth-order valence-electron chi connectivity index (χ4n) is 5.56. The summed E-state index contributed by atoms with van der Waals surface area (Å²) in [5.74, 6) is 1.12.